The molecule has 7 heteroatoms. The number of methoxy groups -OCH3 is 3. The molecule has 1 aliphatic rings. The second kappa shape index (κ2) is 8.03. The van der Waals surface area contributed by atoms with Crippen LogP contribution in [-0.2, 0) is 11.3 Å². The largest absolute Gasteiger partial charge is 0.493 e. The van der Waals surface area contributed by atoms with Gasteiger partial charge in [0.25, 0.3) is 0 Å². The third-order valence-electron chi connectivity index (χ3n) is 3.95. The van der Waals surface area contributed by atoms with Crippen LogP contribution in [0.3, 0.4) is 0 Å². The van der Waals surface area contributed by atoms with Crippen LogP contribution in [0.1, 0.15) is 5.56 Å². The molecule has 23 heavy (non-hydrogen) atoms. The molecule has 0 bridgehead atoms. The van der Waals surface area contributed by atoms with Crippen molar-refractivity contribution in [1.29, 1.82) is 0 Å². The first-order valence-electron chi connectivity index (χ1n) is 7.52. The summed E-state index contributed by atoms with van der Waals surface area (Å²) in [5.41, 5.74) is 1.08. The van der Waals surface area contributed by atoms with Crippen LogP contribution in [0.4, 0.5) is 0 Å². The molecule has 0 radical (unpaired) electrons. The fraction of sp³-hybridized carbons (Fsp3) is 0.562. The van der Waals surface area contributed by atoms with Crippen LogP contribution < -0.4 is 14.2 Å². The van der Waals surface area contributed by atoms with E-state index in [4.69, 9.17) is 19.3 Å². The molecule has 7 nitrogen and oxygen atoms in total. The van der Waals surface area contributed by atoms with Crippen LogP contribution >= 0.6 is 0 Å². The fourth-order valence-corrected chi connectivity index (χ4v) is 2.78. The van der Waals surface area contributed by atoms with Crippen molar-refractivity contribution >= 4 is 5.97 Å². The predicted molar refractivity (Wildman–Crippen MR) is 85.5 cm³/mol. The molecule has 1 fully saturated rings. The number of hydrogen-bond donors (Lipinski definition) is 1. The van der Waals surface area contributed by atoms with E-state index < -0.39 is 5.97 Å². The molecule has 128 valence electrons. The Kier molecular flexibility index (Phi) is 6.06. The molecule has 0 atom stereocenters. The molecule has 2 rings (SSSR count). The van der Waals surface area contributed by atoms with Gasteiger partial charge in [0.2, 0.25) is 5.75 Å². The van der Waals surface area contributed by atoms with Crippen LogP contribution in [-0.4, -0.2) is 74.9 Å². The Hall–Kier alpha value is -1.99. The van der Waals surface area contributed by atoms with E-state index in [0.29, 0.717) is 17.2 Å². The Morgan fingerprint density at radius 3 is 1.96 bits per heavy atom. The predicted octanol–water partition coefficient (Wildman–Crippen LogP) is 0.915. The molecular weight excluding hydrogens is 300 g/mol. The monoisotopic (exact) mass is 324 g/mol. The van der Waals surface area contributed by atoms with Crippen molar-refractivity contribution in [3.8, 4) is 17.2 Å². The Labute approximate surface area is 136 Å². The molecule has 1 aliphatic heterocycles. The minimum absolute atomic E-state index is 0.109. The first kappa shape index (κ1) is 17.4. The minimum atomic E-state index is -0.775. The van der Waals surface area contributed by atoms with Crippen molar-refractivity contribution in [2.24, 2.45) is 0 Å². The Bertz CT molecular complexity index is 516. The molecule has 1 saturated heterocycles. The van der Waals surface area contributed by atoms with Gasteiger partial charge in [-0.1, -0.05) is 0 Å². The highest BCUT2D eigenvalue weighted by atomic mass is 16.5. The van der Waals surface area contributed by atoms with Gasteiger partial charge >= 0.3 is 5.97 Å². The maximum absolute atomic E-state index is 10.7. The lowest BCUT2D eigenvalue weighted by atomic mass is 10.1. The summed E-state index contributed by atoms with van der Waals surface area (Å²) < 4.78 is 16.1. The van der Waals surface area contributed by atoms with Crippen LogP contribution in [0.5, 0.6) is 17.2 Å². The second-order valence-corrected chi connectivity index (χ2v) is 5.48. The third kappa shape index (κ3) is 4.49. The van der Waals surface area contributed by atoms with E-state index in [-0.39, 0.29) is 6.54 Å². The summed E-state index contributed by atoms with van der Waals surface area (Å²) in [6, 6.07) is 3.90. The van der Waals surface area contributed by atoms with Crippen LogP contribution in [0, 0.1) is 0 Å². The number of piperazine rings is 1. The topological polar surface area (TPSA) is 71.5 Å². The smallest absolute Gasteiger partial charge is 0.317 e. The van der Waals surface area contributed by atoms with E-state index >= 15 is 0 Å². The number of rotatable bonds is 7. The Morgan fingerprint density at radius 2 is 1.52 bits per heavy atom. The first-order chi connectivity index (χ1) is 11.1. The van der Waals surface area contributed by atoms with Crippen LogP contribution in [0.15, 0.2) is 12.1 Å². The zero-order valence-electron chi connectivity index (χ0n) is 13.9. The van der Waals surface area contributed by atoms with Gasteiger partial charge in [-0.15, -0.1) is 0 Å². The zero-order chi connectivity index (χ0) is 16.8. The average molecular weight is 324 g/mol. The number of carboxylic acids is 1. The lowest BCUT2D eigenvalue weighted by Gasteiger charge is -2.33. The molecule has 1 aromatic rings. The van der Waals surface area contributed by atoms with Gasteiger partial charge < -0.3 is 19.3 Å². The second-order valence-electron chi connectivity index (χ2n) is 5.48. The normalized spacial score (nSPS) is 16.1. The zero-order valence-corrected chi connectivity index (χ0v) is 13.9. The van der Waals surface area contributed by atoms with Crippen LogP contribution in [0.25, 0.3) is 0 Å². The molecule has 0 aliphatic carbocycles. The van der Waals surface area contributed by atoms with Gasteiger partial charge in [0, 0.05) is 32.7 Å². The fourth-order valence-electron chi connectivity index (χ4n) is 2.78. The van der Waals surface area contributed by atoms with Gasteiger partial charge in [-0.05, 0) is 17.7 Å². The molecule has 1 aromatic carbocycles. The quantitative estimate of drug-likeness (QED) is 0.799. The number of ether oxygens (including phenoxy) is 3. The van der Waals surface area contributed by atoms with Gasteiger partial charge in [0.1, 0.15) is 0 Å². The van der Waals surface area contributed by atoms with Crippen molar-refractivity contribution in [2.75, 3.05) is 54.1 Å². The van der Waals surface area contributed by atoms with E-state index in [9.17, 15) is 4.79 Å². The lowest BCUT2D eigenvalue weighted by molar-refractivity contribution is -0.138. The van der Waals surface area contributed by atoms with Crippen molar-refractivity contribution in [3.05, 3.63) is 17.7 Å². The van der Waals surface area contributed by atoms with E-state index in [0.717, 1.165) is 38.3 Å². The minimum Gasteiger partial charge on any atom is -0.493 e. The van der Waals surface area contributed by atoms with E-state index in [1.807, 2.05) is 17.0 Å². The highest BCUT2D eigenvalue weighted by Crippen LogP contribution is 2.38. The number of benzene rings is 1. The number of nitrogens with zero attached hydrogens (tertiary/aromatic N) is 2. The maximum atomic E-state index is 10.7. The lowest BCUT2D eigenvalue weighted by Crippen LogP contribution is -2.47. The molecule has 0 aromatic heterocycles. The van der Waals surface area contributed by atoms with Gasteiger partial charge in [0.05, 0.1) is 27.9 Å². The van der Waals surface area contributed by atoms with Crippen molar-refractivity contribution < 1.29 is 24.1 Å². The number of carbonyl (C=O) groups is 1. The molecular formula is C16H24N2O5. The summed E-state index contributed by atoms with van der Waals surface area (Å²) in [6.07, 6.45) is 0. The number of hydrogen-bond acceptors (Lipinski definition) is 6. The Morgan fingerprint density at radius 1 is 1.00 bits per heavy atom. The van der Waals surface area contributed by atoms with E-state index in [1.54, 1.807) is 21.3 Å². The van der Waals surface area contributed by atoms with Crippen molar-refractivity contribution in [1.82, 2.24) is 9.80 Å². The summed E-state index contributed by atoms with van der Waals surface area (Å²) in [6.45, 7) is 4.07. The van der Waals surface area contributed by atoms with Crippen molar-refractivity contribution in [2.45, 2.75) is 6.54 Å². The average Bonchev–Trinajstić information content (AvgIpc) is 2.55. The molecule has 0 amide bonds. The summed E-state index contributed by atoms with van der Waals surface area (Å²) in [4.78, 5) is 15.0. The number of aliphatic carboxylic acids is 1. The van der Waals surface area contributed by atoms with Gasteiger partial charge in [-0.3, -0.25) is 14.6 Å². The van der Waals surface area contributed by atoms with Crippen LogP contribution in [0.2, 0.25) is 0 Å². The first-order valence-corrected chi connectivity index (χ1v) is 7.52. The highest BCUT2D eigenvalue weighted by molar-refractivity contribution is 5.69. The van der Waals surface area contributed by atoms with E-state index in [1.165, 1.54) is 0 Å². The SMILES string of the molecule is COc1cc(CN2CCN(CC(=O)O)CC2)cc(OC)c1OC. The third-order valence-corrected chi connectivity index (χ3v) is 3.95. The van der Waals surface area contributed by atoms with Gasteiger partial charge in [-0.2, -0.15) is 0 Å². The molecule has 0 unspecified atom stereocenters. The van der Waals surface area contributed by atoms with E-state index in [2.05, 4.69) is 4.90 Å². The number of carboxylic acid groups (broad SMARTS) is 1. The molecule has 0 saturated carbocycles. The maximum Gasteiger partial charge on any atom is 0.317 e. The summed E-state index contributed by atoms with van der Waals surface area (Å²) >= 11 is 0. The molecule has 0 spiro atoms. The summed E-state index contributed by atoms with van der Waals surface area (Å²) in [5.74, 6) is 1.10. The standard InChI is InChI=1S/C16H24N2O5/c1-21-13-8-12(9-14(22-2)16(13)23-3)10-17-4-6-18(7-5-17)11-15(19)20/h8-9H,4-7,10-11H2,1-3H3,(H,19,20). The Balaban J connectivity index is 2.02. The van der Waals surface area contributed by atoms with Gasteiger partial charge in [0.15, 0.2) is 11.5 Å². The van der Waals surface area contributed by atoms with Crippen molar-refractivity contribution in [3.63, 3.8) is 0 Å². The van der Waals surface area contributed by atoms with Gasteiger partial charge in [-0.25, -0.2) is 0 Å². The summed E-state index contributed by atoms with van der Waals surface area (Å²) in [7, 11) is 4.79. The molecule has 1 heterocycles. The summed E-state index contributed by atoms with van der Waals surface area (Å²) in [5, 5.41) is 8.84. The highest BCUT2D eigenvalue weighted by Gasteiger charge is 2.20. The molecule has 1 N–H and O–H groups in total.